The van der Waals surface area contributed by atoms with Crippen LogP contribution in [-0.4, -0.2) is 26.8 Å². The SMILES string of the molecule is O=C(Cn1c(-c2ccncc2)nc2ccccc21)Nc1ccc(OC(F)(F)F)cc1. The van der Waals surface area contributed by atoms with E-state index in [0.29, 0.717) is 11.5 Å². The van der Waals surface area contributed by atoms with E-state index in [0.717, 1.165) is 28.7 Å². The van der Waals surface area contributed by atoms with Crippen molar-refractivity contribution in [3.8, 4) is 17.1 Å². The fourth-order valence-electron chi connectivity index (χ4n) is 3.04. The van der Waals surface area contributed by atoms with E-state index in [4.69, 9.17) is 0 Å². The van der Waals surface area contributed by atoms with Gasteiger partial charge in [-0.1, -0.05) is 12.1 Å². The Balaban J connectivity index is 1.56. The van der Waals surface area contributed by atoms with Crippen molar-refractivity contribution in [2.75, 3.05) is 5.32 Å². The summed E-state index contributed by atoms with van der Waals surface area (Å²) >= 11 is 0. The number of anilines is 1. The Hall–Kier alpha value is -3.88. The van der Waals surface area contributed by atoms with Gasteiger partial charge in [0.25, 0.3) is 0 Å². The summed E-state index contributed by atoms with van der Waals surface area (Å²) in [7, 11) is 0. The summed E-state index contributed by atoms with van der Waals surface area (Å²) in [4.78, 5) is 21.3. The maximum absolute atomic E-state index is 12.6. The number of hydrogen-bond acceptors (Lipinski definition) is 4. The summed E-state index contributed by atoms with van der Waals surface area (Å²) in [6.07, 6.45) is -1.48. The molecule has 4 aromatic rings. The molecule has 0 fully saturated rings. The Morgan fingerprint density at radius 1 is 1.00 bits per heavy atom. The van der Waals surface area contributed by atoms with Crippen LogP contribution in [0.5, 0.6) is 5.75 Å². The van der Waals surface area contributed by atoms with Gasteiger partial charge >= 0.3 is 6.36 Å². The van der Waals surface area contributed by atoms with E-state index in [-0.39, 0.29) is 18.2 Å². The molecule has 2 aromatic heterocycles. The Labute approximate surface area is 169 Å². The van der Waals surface area contributed by atoms with Crippen molar-refractivity contribution in [1.29, 1.82) is 0 Å². The molecular weight excluding hydrogens is 397 g/mol. The van der Waals surface area contributed by atoms with Gasteiger partial charge in [0.1, 0.15) is 18.1 Å². The number of halogens is 3. The molecule has 1 amide bonds. The van der Waals surface area contributed by atoms with Gasteiger partial charge in [-0.15, -0.1) is 13.2 Å². The van der Waals surface area contributed by atoms with Crippen molar-refractivity contribution < 1.29 is 22.7 Å². The van der Waals surface area contributed by atoms with Gasteiger partial charge in [0.2, 0.25) is 5.91 Å². The summed E-state index contributed by atoms with van der Waals surface area (Å²) in [5.41, 5.74) is 2.69. The van der Waals surface area contributed by atoms with Gasteiger partial charge in [-0.25, -0.2) is 4.98 Å². The second-order valence-corrected chi connectivity index (χ2v) is 6.37. The van der Waals surface area contributed by atoms with Gasteiger partial charge in [-0.3, -0.25) is 9.78 Å². The van der Waals surface area contributed by atoms with E-state index in [9.17, 15) is 18.0 Å². The lowest BCUT2D eigenvalue weighted by Crippen LogP contribution is -2.19. The van der Waals surface area contributed by atoms with Crippen LogP contribution in [0.3, 0.4) is 0 Å². The van der Waals surface area contributed by atoms with Crippen LogP contribution in [-0.2, 0) is 11.3 Å². The monoisotopic (exact) mass is 412 g/mol. The zero-order chi connectivity index (χ0) is 21.1. The van der Waals surface area contributed by atoms with Crippen LogP contribution in [0.4, 0.5) is 18.9 Å². The number of ether oxygens (including phenoxy) is 1. The third-order valence-corrected chi connectivity index (χ3v) is 4.27. The van der Waals surface area contributed by atoms with Crippen LogP contribution < -0.4 is 10.1 Å². The minimum absolute atomic E-state index is 0.0288. The van der Waals surface area contributed by atoms with Crippen molar-refractivity contribution in [2.45, 2.75) is 12.9 Å². The zero-order valence-electron chi connectivity index (χ0n) is 15.4. The highest BCUT2D eigenvalue weighted by Gasteiger charge is 2.31. The molecule has 6 nitrogen and oxygen atoms in total. The third-order valence-electron chi connectivity index (χ3n) is 4.27. The zero-order valence-corrected chi connectivity index (χ0v) is 15.4. The van der Waals surface area contributed by atoms with Gasteiger partial charge in [-0.05, 0) is 48.5 Å². The van der Waals surface area contributed by atoms with Crippen molar-refractivity contribution in [2.24, 2.45) is 0 Å². The summed E-state index contributed by atoms with van der Waals surface area (Å²) < 4.78 is 42.4. The lowest BCUT2D eigenvalue weighted by Gasteiger charge is -2.11. The highest BCUT2D eigenvalue weighted by molar-refractivity contribution is 5.92. The van der Waals surface area contributed by atoms with E-state index in [1.807, 2.05) is 24.3 Å². The topological polar surface area (TPSA) is 69.0 Å². The number of nitrogens with zero attached hydrogens (tertiary/aromatic N) is 3. The molecule has 0 saturated heterocycles. The van der Waals surface area contributed by atoms with Crippen LogP contribution in [0.1, 0.15) is 0 Å². The number of carbonyl (C=O) groups excluding carboxylic acids is 1. The Kier molecular flexibility index (Phi) is 5.09. The van der Waals surface area contributed by atoms with E-state index >= 15 is 0 Å². The van der Waals surface area contributed by atoms with Crippen molar-refractivity contribution in [3.63, 3.8) is 0 Å². The molecule has 1 N–H and O–H groups in total. The predicted octanol–water partition coefficient (Wildman–Crippen LogP) is 4.64. The molecule has 9 heteroatoms. The van der Waals surface area contributed by atoms with Gasteiger partial charge < -0.3 is 14.6 Å². The smallest absolute Gasteiger partial charge is 0.406 e. The Bertz CT molecular complexity index is 1170. The molecule has 0 spiro atoms. The molecule has 2 aromatic carbocycles. The molecule has 152 valence electrons. The molecule has 0 aliphatic carbocycles. The number of alkyl halides is 3. The second kappa shape index (κ2) is 7.86. The van der Waals surface area contributed by atoms with Crippen LogP contribution >= 0.6 is 0 Å². The number of fused-ring (bicyclic) bond motifs is 1. The normalized spacial score (nSPS) is 11.4. The highest BCUT2D eigenvalue weighted by Crippen LogP contribution is 2.26. The number of carbonyl (C=O) groups is 1. The number of amides is 1. The summed E-state index contributed by atoms with van der Waals surface area (Å²) in [5, 5.41) is 2.68. The largest absolute Gasteiger partial charge is 0.573 e. The standard InChI is InChI=1S/C21H15F3N4O2/c22-21(23,24)30-16-7-5-15(6-8-16)26-19(29)13-28-18-4-2-1-3-17(18)27-20(28)14-9-11-25-12-10-14/h1-12H,13H2,(H,26,29). The summed E-state index contributed by atoms with van der Waals surface area (Å²) in [6.45, 7) is -0.0288. The fraction of sp³-hybridized carbons (Fsp3) is 0.0952. The lowest BCUT2D eigenvalue weighted by atomic mass is 10.2. The Morgan fingerprint density at radius 3 is 2.40 bits per heavy atom. The van der Waals surface area contributed by atoms with E-state index in [2.05, 4.69) is 20.0 Å². The molecule has 30 heavy (non-hydrogen) atoms. The van der Waals surface area contributed by atoms with Crippen LogP contribution in [0.2, 0.25) is 0 Å². The van der Waals surface area contributed by atoms with Crippen molar-refractivity contribution in [3.05, 3.63) is 73.1 Å². The molecule has 2 heterocycles. The van der Waals surface area contributed by atoms with Gasteiger partial charge in [0, 0.05) is 23.6 Å². The average molecular weight is 412 g/mol. The number of aromatic nitrogens is 3. The molecule has 0 atom stereocenters. The third kappa shape index (κ3) is 4.40. The first-order chi connectivity index (χ1) is 14.4. The minimum atomic E-state index is -4.77. The number of para-hydroxylation sites is 2. The lowest BCUT2D eigenvalue weighted by molar-refractivity contribution is -0.274. The molecule has 4 rings (SSSR count). The molecule has 0 unspecified atom stereocenters. The predicted molar refractivity (Wildman–Crippen MR) is 105 cm³/mol. The minimum Gasteiger partial charge on any atom is -0.406 e. The fourth-order valence-corrected chi connectivity index (χ4v) is 3.04. The average Bonchev–Trinajstić information content (AvgIpc) is 3.07. The molecule has 0 saturated carbocycles. The number of benzene rings is 2. The summed E-state index contributed by atoms with van der Waals surface area (Å²) in [6, 6.07) is 16.0. The molecule has 0 bridgehead atoms. The molecular formula is C21H15F3N4O2. The van der Waals surface area contributed by atoms with E-state index < -0.39 is 6.36 Å². The van der Waals surface area contributed by atoms with Crippen molar-refractivity contribution >= 4 is 22.6 Å². The summed E-state index contributed by atoms with van der Waals surface area (Å²) in [5.74, 6) is -0.0956. The van der Waals surface area contributed by atoms with Crippen LogP contribution in [0, 0.1) is 0 Å². The van der Waals surface area contributed by atoms with Gasteiger partial charge in [0.15, 0.2) is 0 Å². The van der Waals surface area contributed by atoms with Gasteiger partial charge in [0.05, 0.1) is 11.0 Å². The molecule has 0 aliphatic rings. The number of hydrogen-bond donors (Lipinski definition) is 1. The first kappa shape index (κ1) is 19.4. The van der Waals surface area contributed by atoms with Crippen LogP contribution in [0.15, 0.2) is 73.1 Å². The van der Waals surface area contributed by atoms with Crippen LogP contribution in [0.25, 0.3) is 22.4 Å². The highest BCUT2D eigenvalue weighted by atomic mass is 19.4. The Morgan fingerprint density at radius 2 is 1.70 bits per heavy atom. The maximum Gasteiger partial charge on any atom is 0.573 e. The molecule has 0 radical (unpaired) electrons. The van der Waals surface area contributed by atoms with E-state index in [1.165, 1.54) is 12.1 Å². The van der Waals surface area contributed by atoms with Gasteiger partial charge in [-0.2, -0.15) is 0 Å². The second-order valence-electron chi connectivity index (χ2n) is 6.37. The maximum atomic E-state index is 12.6. The van der Waals surface area contributed by atoms with Crippen molar-refractivity contribution in [1.82, 2.24) is 14.5 Å². The number of pyridine rings is 1. The van der Waals surface area contributed by atoms with E-state index in [1.54, 1.807) is 29.1 Å². The number of rotatable bonds is 5. The first-order valence-corrected chi connectivity index (χ1v) is 8.90. The first-order valence-electron chi connectivity index (χ1n) is 8.90. The number of imidazole rings is 1. The molecule has 0 aliphatic heterocycles. The number of nitrogens with one attached hydrogen (secondary N) is 1. The quantitative estimate of drug-likeness (QED) is 0.519.